The van der Waals surface area contributed by atoms with Gasteiger partial charge in [0.15, 0.2) is 0 Å². The van der Waals surface area contributed by atoms with Crippen molar-refractivity contribution in [2.75, 3.05) is 0 Å². The molecule has 0 aliphatic heterocycles. The third kappa shape index (κ3) is 3.81. The Kier molecular flexibility index (Phi) is 6.96. The molecule has 0 amide bonds. The molecule has 0 radical (unpaired) electrons. The average molecular weight is 188 g/mol. The Morgan fingerprint density at radius 1 is 1.14 bits per heavy atom. The van der Waals surface area contributed by atoms with Crippen LogP contribution in [0.5, 0.6) is 0 Å². The van der Waals surface area contributed by atoms with E-state index in [1.54, 1.807) is 18.3 Å². The van der Waals surface area contributed by atoms with E-state index in [0.717, 1.165) is 10.6 Å². The van der Waals surface area contributed by atoms with E-state index in [0.29, 0.717) is 0 Å². The molecule has 2 nitrogen and oxygen atoms in total. The smallest absolute Gasteiger partial charge is 0.116 e. The SMILES string of the molecule is C=C/C=c1/cncn/c1=C/C=C.CC. The van der Waals surface area contributed by atoms with Gasteiger partial charge in [-0.2, -0.15) is 0 Å². The molecule has 0 fully saturated rings. The first-order valence-corrected chi connectivity index (χ1v) is 4.60. The third-order valence-corrected chi connectivity index (χ3v) is 1.35. The summed E-state index contributed by atoms with van der Waals surface area (Å²) in [6, 6.07) is 0. The van der Waals surface area contributed by atoms with Crippen molar-refractivity contribution in [3.05, 3.63) is 48.4 Å². The van der Waals surface area contributed by atoms with Crippen LogP contribution in [-0.2, 0) is 0 Å². The van der Waals surface area contributed by atoms with Crippen LogP contribution >= 0.6 is 0 Å². The van der Waals surface area contributed by atoms with Crippen LogP contribution in [0.4, 0.5) is 0 Å². The minimum Gasteiger partial charge on any atom is -0.244 e. The largest absolute Gasteiger partial charge is 0.244 e. The molecule has 0 atom stereocenters. The summed E-state index contributed by atoms with van der Waals surface area (Å²) in [6.45, 7) is 11.2. The molecule has 0 spiro atoms. The minimum absolute atomic E-state index is 0.861. The molecule has 0 unspecified atom stereocenters. The second-order valence-corrected chi connectivity index (χ2v) is 2.17. The monoisotopic (exact) mass is 188 g/mol. The summed E-state index contributed by atoms with van der Waals surface area (Å²) in [5.74, 6) is 0. The summed E-state index contributed by atoms with van der Waals surface area (Å²) in [5, 5.41) is 1.81. The maximum atomic E-state index is 4.07. The number of aromatic nitrogens is 2. The van der Waals surface area contributed by atoms with Gasteiger partial charge in [-0.05, 0) is 6.08 Å². The molecular formula is C12H16N2. The molecule has 0 aromatic carbocycles. The summed E-state index contributed by atoms with van der Waals surface area (Å²) in [4.78, 5) is 7.97. The Labute approximate surface area is 85.0 Å². The van der Waals surface area contributed by atoms with Crippen molar-refractivity contribution < 1.29 is 0 Å². The summed E-state index contributed by atoms with van der Waals surface area (Å²) in [7, 11) is 0. The zero-order valence-corrected chi connectivity index (χ0v) is 8.77. The Balaban J connectivity index is 0.000000791. The predicted molar refractivity (Wildman–Crippen MR) is 62.0 cm³/mol. The number of allylic oxidation sites excluding steroid dienone is 2. The van der Waals surface area contributed by atoms with Gasteiger partial charge in [-0.3, -0.25) is 0 Å². The Morgan fingerprint density at radius 2 is 1.79 bits per heavy atom. The van der Waals surface area contributed by atoms with Gasteiger partial charge in [-0.25, -0.2) is 9.97 Å². The molecular weight excluding hydrogens is 172 g/mol. The van der Waals surface area contributed by atoms with Gasteiger partial charge in [0, 0.05) is 11.4 Å². The van der Waals surface area contributed by atoms with Gasteiger partial charge in [0.2, 0.25) is 0 Å². The van der Waals surface area contributed by atoms with Crippen LogP contribution in [0.2, 0.25) is 0 Å². The summed E-state index contributed by atoms with van der Waals surface area (Å²) in [5.41, 5.74) is 0. The molecule has 1 aromatic rings. The van der Waals surface area contributed by atoms with Gasteiger partial charge in [-0.15, -0.1) is 0 Å². The Hall–Kier alpha value is -1.70. The van der Waals surface area contributed by atoms with E-state index in [4.69, 9.17) is 0 Å². The van der Waals surface area contributed by atoms with Gasteiger partial charge in [0.05, 0.1) is 5.35 Å². The highest BCUT2D eigenvalue weighted by atomic mass is 14.8. The van der Waals surface area contributed by atoms with Crippen LogP contribution in [-0.4, -0.2) is 9.97 Å². The van der Waals surface area contributed by atoms with Crippen molar-refractivity contribution in [3.8, 4) is 0 Å². The summed E-state index contributed by atoms with van der Waals surface area (Å²) >= 11 is 0. The van der Waals surface area contributed by atoms with Crippen LogP contribution in [0, 0.1) is 0 Å². The third-order valence-electron chi connectivity index (χ3n) is 1.35. The fourth-order valence-electron chi connectivity index (χ4n) is 0.856. The molecule has 0 bridgehead atoms. The van der Waals surface area contributed by atoms with Crippen LogP contribution in [0.3, 0.4) is 0 Å². The molecule has 14 heavy (non-hydrogen) atoms. The highest BCUT2D eigenvalue weighted by molar-refractivity contribution is 5.39. The van der Waals surface area contributed by atoms with Crippen LogP contribution < -0.4 is 10.6 Å². The standard InChI is InChI=1S/C10H10N2.C2H6/c1-3-5-9-7-11-8-12-10(9)6-4-2;1-2/h3-8H,1-2H2;1-2H3/b9-5-,10-6+;. The molecule has 1 heterocycles. The van der Waals surface area contributed by atoms with Gasteiger partial charge >= 0.3 is 0 Å². The van der Waals surface area contributed by atoms with Crippen molar-refractivity contribution in [3.63, 3.8) is 0 Å². The minimum atomic E-state index is 0.861. The fraction of sp³-hybridized carbons (Fsp3) is 0.167. The van der Waals surface area contributed by atoms with Crippen molar-refractivity contribution >= 4 is 12.2 Å². The lowest BCUT2D eigenvalue weighted by molar-refractivity contribution is 1.10. The average Bonchev–Trinajstić information content (AvgIpc) is 2.25. The van der Waals surface area contributed by atoms with E-state index in [-0.39, 0.29) is 0 Å². The predicted octanol–water partition coefficient (Wildman–Crippen LogP) is 1.44. The molecule has 1 rings (SSSR count). The van der Waals surface area contributed by atoms with E-state index in [1.165, 1.54) is 6.33 Å². The molecule has 0 saturated heterocycles. The summed E-state index contributed by atoms with van der Waals surface area (Å²) in [6.07, 6.45) is 10.3. The molecule has 2 heteroatoms. The maximum Gasteiger partial charge on any atom is 0.116 e. The van der Waals surface area contributed by atoms with E-state index >= 15 is 0 Å². The lowest BCUT2D eigenvalue weighted by Crippen LogP contribution is -2.27. The summed E-state index contributed by atoms with van der Waals surface area (Å²) < 4.78 is 0. The second kappa shape index (κ2) is 7.92. The molecule has 1 aromatic heterocycles. The zero-order chi connectivity index (χ0) is 10.8. The quantitative estimate of drug-likeness (QED) is 0.701. The lowest BCUT2D eigenvalue weighted by atomic mass is 10.3. The van der Waals surface area contributed by atoms with E-state index in [2.05, 4.69) is 23.1 Å². The Morgan fingerprint density at radius 3 is 2.36 bits per heavy atom. The van der Waals surface area contributed by atoms with Gasteiger partial charge in [0.1, 0.15) is 6.33 Å². The number of hydrogen-bond donors (Lipinski definition) is 0. The number of hydrogen-bond acceptors (Lipinski definition) is 2. The molecule has 0 aliphatic carbocycles. The highest BCUT2D eigenvalue weighted by Gasteiger charge is 1.81. The highest BCUT2D eigenvalue weighted by Crippen LogP contribution is 1.66. The van der Waals surface area contributed by atoms with Crippen molar-refractivity contribution in [2.45, 2.75) is 13.8 Å². The molecule has 0 saturated carbocycles. The molecule has 0 N–H and O–H groups in total. The van der Waals surface area contributed by atoms with Crippen LogP contribution in [0.1, 0.15) is 13.8 Å². The molecule has 74 valence electrons. The van der Waals surface area contributed by atoms with E-state index < -0.39 is 0 Å². The van der Waals surface area contributed by atoms with Crippen LogP contribution in [0.15, 0.2) is 37.8 Å². The van der Waals surface area contributed by atoms with E-state index in [1.807, 2.05) is 26.0 Å². The van der Waals surface area contributed by atoms with Crippen molar-refractivity contribution in [2.24, 2.45) is 0 Å². The lowest BCUT2D eigenvalue weighted by Gasteiger charge is -1.85. The first kappa shape index (κ1) is 12.3. The normalized spacial score (nSPS) is 11.6. The topological polar surface area (TPSA) is 25.8 Å². The fourth-order valence-corrected chi connectivity index (χ4v) is 0.856. The second-order valence-electron chi connectivity index (χ2n) is 2.17. The maximum absolute atomic E-state index is 4.07. The van der Waals surface area contributed by atoms with Crippen LogP contribution in [0.25, 0.3) is 12.2 Å². The number of rotatable bonds is 2. The zero-order valence-electron chi connectivity index (χ0n) is 8.77. The first-order chi connectivity index (χ1) is 6.88. The number of nitrogens with zero attached hydrogens (tertiary/aromatic N) is 2. The van der Waals surface area contributed by atoms with E-state index in [9.17, 15) is 0 Å². The van der Waals surface area contributed by atoms with Crippen molar-refractivity contribution in [1.29, 1.82) is 0 Å². The van der Waals surface area contributed by atoms with Gasteiger partial charge < -0.3 is 0 Å². The molecule has 0 aliphatic rings. The van der Waals surface area contributed by atoms with Gasteiger partial charge in [-0.1, -0.05) is 45.2 Å². The first-order valence-electron chi connectivity index (χ1n) is 4.60. The Bertz CT molecular complexity index is 352. The van der Waals surface area contributed by atoms with Crippen molar-refractivity contribution in [1.82, 2.24) is 9.97 Å². The van der Waals surface area contributed by atoms with Gasteiger partial charge in [0.25, 0.3) is 0 Å².